The van der Waals surface area contributed by atoms with Gasteiger partial charge in [0, 0.05) is 21.5 Å². The minimum atomic E-state index is 0.912. The van der Waals surface area contributed by atoms with Crippen LogP contribution < -0.4 is 0 Å². The quantitative estimate of drug-likeness (QED) is 0.197. The van der Waals surface area contributed by atoms with Gasteiger partial charge >= 0.3 is 0 Å². The van der Waals surface area contributed by atoms with Crippen molar-refractivity contribution in [1.29, 1.82) is 0 Å². The van der Waals surface area contributed by atoms with E-state index in [1.54, 1.807) is 0 Å². The highest BCUT2D eigenvalue weighted by Crippen LogP contribution is 2.43. The summed E-state index contributed by atoms with van der Waals surface area (Å²) in [6, 6.07) is 52.1. The van der Waals surface area contributed by atoms with E-state index in [4.69, 9.17) is 8.83 Å². The number of para-hydroxylation sites is 2. The first-order valence-corrected chi connectivity index (χ1v) is 15.0. The average Bonchev–Trinajstić information content (AvgIpc) is 3.65. The van der Waals surface area contributed by atoms with Crippen LogP contribution in [0.4, 0.5) is 0 Å². The van der Waals surface area contributed by atoms with E-state index < -0.39 is 0 Å². The molecule has 10 rings (SSSR count). The Morgan fingerprint density at radius 2 is 0.682 bits per heavy atom. The molecule has 2 heterocycles. The second-order valence-electron chi connectivity index (χ2n) is 11.7. The number of hydrogen-bond donors (Lipinski definition) is 0. The molecular weight excluding hydrogens is 536 g/mol. The molecule has 0 saturated heterocycles. The molecule has 0 aliphatic heterocycles. The topological polar surface area (TPSA) is 26.3 Å². The van der Waals surface area contributed by atoms with E-state index in [1.165, 1.54) is 54.6 Å². The third-order valence-corrected chi connectivity index (χ3v) is 9.24. The van der Waals surface area contributed by atoms with Crippen LogP contribution in [-0.2, 0) is 0 Å². The first-order valence-electron chi connectivity index (χ1n) is 15.0. The highest BCUT2D eigenvalue weighted by Gasteiger charge is 2.17. The van der Waals surface area contributed by atoms with Gasteiger partial charge in [0.2, 0.25) is 0 Å². The Morgan fingerprint density at radius 3 is 1.16 bits per heavy atom. The summed E-state index contributed by atoms with van der Waals surface area (Å²) in [5, 5.41) is 12.1. The zero-order valence-corrected chi connectivity index (χ0v) is 23.7. The lowest BCUT2D eigenvalue weighted by Crippen LogP contribution is -1.89. The molecule has 2 heteroatoms. The summed E-state index contributed by atoms with van der Waals surface area (Å²) in [4.78, 5) is 0. The van der Waals surface area contributed by atoms with Crippen LogP contribution in [0.3, 0.4) is 0 Å². The van der Waals surface area contributed by atoms with Gasteiger partial charge in [-0.25, -0.2) is 0 Å². The minimum absolute atomic E-state index is 0.912. The van der Waals surface area contributed by atoms with Gasteiger partial charge in [-0.1, -0.05) is 97.1 Å². The first kappa shape index (κ1) is 23.7. The Hall–Kier alpha value is -5.86. The van der Waals surface area contributed by atoms with Gasteiger partial charge in [0.25, 0.3) is 0 Å². The monoisotopic (exact) mass is 560 g/mol. The molecule has 0 N–H and O–H groups in total. The summed E-state index contributed by atoms with van der Waals surface area (Å²) in [6.45, 7) is 0. The standard InChI is InChI=1S/C42H24O2/c1-3-13-32-28(9-1)34(25-17-19-40-36(21-25)30-11-5-7-15-38(30)43-40)23-27-24-35(29-10-2-4-14-33(29)42(27)32)26-18-20-41-37(22-26)31-12-6-8-16-39(31)44-41/h1-24H. The van der Waals surface area contributed by atoms with Crippen LogP contribution in [0.25, 0.3) is 98.4 Å². The highest BCUT2D eigenvalue weighted by atomic mass is 16.3. The lowest BCUT2D eigenvalue weighted by atomic mass is 9.87. The van der Waals surface area contributed by atoms with Crippen LogP contribution >= 0.6 is 0 Å². The summed E-state index contributed by atoms with van der Waals surface area (Å²) in [7, 11) is 0. The van der Waals surface area contributed by atoms with E-state index >= 15 is 0 Å². The lowest BCUT2D eigenvalue weighted by molar-refractivity contribution is 0.668. The molecular formula is C42H24O2. The third kappa shape index (κ3) is 3.31. The molecule has 0 aliphatic rings. The molecule has 0 spiro atoms. The van der Waals surface area contributed by atoms with Crippen molar-refractivity contribution in [3.63, 3.8) is 0 Å². The molecule has 0 aliphatic carbocycles. The number of hydrogen-bond acceptors (Lipinski definition) is 2. The van der Waals surface area contributed by atoms with Gasteiger partial charge in [0.15, 0.2) is 0 Å². The number of furan rings is 2. The summed E-state index contributed by atoms with van der Waals surface area (Å²) >= 11 is 0. The summed E-state index contributed by atoms with van der Waals surface area (Å²) in [5.74, 6) is 0. The fourth-order valence-electron chi connectivity index (χ4n) is 7.25. The van der Waals surface area contributed by atoms with Crippen LogP contribution in [0.15, 0.2) is 154 Å². The van der Waals surface area contributed by atoms with Gasteiger partial charge in [-0.2, -0.15) is 0 Å². The SMILES string of the molecule is c1ccc2c(c1)oc1ccc(-c3cc4cc(-c5ccc6oc7ccccc7c6c5)c5ccccc5c4c4ccccc34)cc12. The van der Waals surface area contributed by atoms with E-state index in [-0.39, 0.29) is 0 Å². The van der Waals surface area contributed by atoms with E-state index in [1.807, 2.05) is 24.3 Å². The molecule has 204 valence electrons. The molecule has 0 unspecified atom stereocenters. The summed E-state index contributed by atoms with van der Waals surface area (Å²) < 4.78 is 12.3. The second kappa shape index (κ2) is 8.82. The Labute approximate surface area is 252 Å². The molecule has 44 heavy (non-hydrogen) atoms. The van der Waals surface area contributed by atoms with E-state index in [2.05, 4.69) is 121 Å². The summed E-state index contributed by atoms with van der Waals surface area (Å²) in [6.07, 6.45) is 0. The number of fused-ring (bicyclic) bond motifs is 11. The van der Waals surface area contributed by atoms with E-state index in [9.17, 15) is 0 Å². The van der Waals surface area contributed by atoms with Crippen molar-refractivity contribution in [2.24, 2.45) is 0 Å². The molecule has 0 fully saturated rings. The number of rotatable bonds is 2. The van der Waals surface area contributed by atoms with Crippen molar-refractivity contribution in [3.8, 4) is 22.3 Å². The molecule has 0 saturated carbocycles. The Kier molecular flexibility index (Phi) is 4.75. The molecule has 10 aromatic rings. The van der Waals surface area contributed by atoms with Gasteiger partial charge in [-0.05, 0) is 103 Å². The molecule has 2 aromatic heterocycles. The Bertz CT molecular complexity index is 2590. The zero-order chi connectivity index (χ0) is 28.8. The molecule has 0 atom stereocenters. The Balaban J connectivity index is 1.29. The maximum absolute atomic E-state index is 6.16. The summed E-state index contributed by atoms with van der Waals surface area (Å²) in [5.41, 5.74) is 8.47. The fraction of sp³-hybridized carbons (Fsp3) is 0. The van der Waals surface area contributed by atoms with E-state index in [0.29, 0.717) is 0 Å². The lowest BCUT2D eigenvalue weighted by Gasteiger charge is -2.16. The highest BCUT2D eigenvalue weighted by molar-refractivity contribution is 6.26. The van der Waals surface area contributed by atoms with Gasteiger partial charge in [0.1, 0.15) is 22.3 Å². The van der Waals surface area contributed by atoms with Gasteiger partial charge in [-0.15, -0.1) is 0 Å². The predicted octanol–water partition coefficient (Wildman–Crippen LogP) is 12.3. The van der Waals surface area contributed by atoms with Gasteiger partial charge in [-0.3, -0.25) is 0 Å². The Morgan fingerprint density at radius 1 is 0.295 bits per heavy atom. The minimum Gasteiger partial charge on any atom is -0.456 e. The molecule has 0 amide bonds. The van der Waals surface area contributed by atoms with Gasteiger partial charge < -0.3 is 8.83 Å². The maximum atomic E-state index is 6.16. The van der Waals surface area contributed by atoms with Crippen molar-refractivity contribution < 1.29 is 8.83 Å². The third-order valence-electron chi connectivity index (χ3n) is 9.24. The molecule has 0 radical (unpaired) electrons. The van der Waals surface area contributed by atoms with Crippen molar-refractivity contribution in [2.45, 2.75) is 0 Å². The first-order chi connectivity index (χ1) is 21.8. The zero-order valence-electron chi connectivity index (χ0n) is 23.7. The van der Waals surface area contributed by atoms with Gasteiger partial charge in [0.05, 0.1) is 0 Å². The van der Waals surface area contributed by atoms with Crippen molar-refractivity contribution in [1.82, 2.24) is 0 Å². The second-order valence-corrected chi connectivity index (χ2v) is 11.7. The van der Waals surface area contributed by atoms with Crippen LogP contribution in [0, 0.1) is 0 Å². The van der Waals surface area contributed by atoms with Crippen LogP contribution in [0.5, 0.6) is 0 Å². The van der Waals surface area contributed by atoms with Crippen molar-refractivity contribution >= 4 is 76.2 Å². The largest absolute Gasteiger partial charge is 0.456 e. The van der Waals surface area contributed by atoms with Crippen LogP contribution in [-0.4, -0.2) is 0 Å². The average molecular weight is 561 g/mol. The molecule has 2 nitrogen and oxygen atoms in total. The normalized spacial score (nSPS) is 12.1. The fourth-order valence-corrected chi connectivity index (χ4v) is 7.25. The van der Waals surface area contributed by atoms with Crippen LogP contribution in [0.2, 0.25) is 0 Å². The van der Waals surface area contributed by atoms with Crippen molar-refractivity contribution in [2.75, 3.05) is 0 Å². The van der Waals surface area contributed by atoms with E-state index in [0.717, 1.165) is 43.9 Å². The van der Waals surface area contributed by atoms with Crippen molar-refractivity contribution in [3.05, 3.63) is 146 Å². The molecule has 0 bridgehead atoms. The maximum Gasteiger partial charge on any atom is 0.135 e. The predicted molar refractivity (Wildman–Crippen MR) is 184 cm³/mol. The smallest absolute Gasteiger partial charge is 0.135 e. The molecule has 8 aromatic carbocycles. The number of benzene rings is 8. The van der Waals surface area contributed by atoms with Crippen LogP contribution in [0.1, 0.15) is 0 Å².